The van der Waals surface area contributed by atoms with Crippen LogP contribution >= 0.6 is 0 Å². The van der Waals surface area contributed by atoms with Crippen LogP contribution in [0.3, 0.4) is 0 Å². The van der Waals surface area contributed by atoms with Crippen molar-refractivity contribution in [1.82, 2.24) is 0 Å². The minimum Gasteiger partial charge on any atom is -0.479 e. The van der Waals surface area contributed by atoms with E-state index >= 15 is 0 Å². The maximum absolute atomic E-state index is 13.2. The zero-order valence-electron chi connectivity index (χ0n) is 25.3. The monoisotopic (exact) mass is 610 g/mol. The molecule has 0 bridgehead atoms. The van der Waals surface area contributed by atoms with Crippen LogP contribution in [-0.2, 0) is 38.1 Å². The summed E-state index contributed by atoms with van der Waals surface area (Å²) >= 11 is 0. The average Bonchev–Trinajstić information content (AvgIpc) is 3.28. The van der Waals surface area contributed by atoms with Gasteiger partial charge >= 0.3 is 17.9 Å². The van der Waals surface area contributed by atoms with Crippen LogP contribution in [0.2, 0.25) is 0 Å². The lowest BCUT2D eigenvalue weighted by atomic mass is 9.43. The molecule has 0 radical (unpaired) electrons. The third-order valence-corrected chi connectivity index (χ3v) is 11.8. The van der Waals surface area contributed by atoms with Crippen LogP contribution < -0.4 is 0 Å². The van der Waals surface area contributed by atoms with Crippen LogP contribution in [0.4, 0.5) is 0 Å². The number of rotatable bonds is 7. The van der Waals surface area contributed by atoms with Crippen molar-refractivity contribution < 1.29 is 58.6 Å². The van der Waals surface area contributed by atoms with Gasteiger partial charge in [-0.1, -0.05) is 13.8 Å². The van der Waals surface area contributed by atoms with Crippen molar-refractivity contribution in [3.63, 3.8) is 0 Å². The summed E-state index contributed by atoms with van der Waals surface area (Å²) in [5.41, 5.74) is -0.558. The third kappa shape index (κ3) is 5.74. The highest BCUT2D eigenvalue weighted by atomic mass is 16.7. The molecule has 4 aliphatic carbocycles. The number of aliphatic carboxylic acids is 1. The predicted octanol–water partition coefficient (Wildman–Crippen LogP) is 1.60. The van der Waals surface area contributed by atoms with Gasteiger partial charge in [0.15, 0.2) is 18.2 Å². The number of hydrogen-bond donors (Lipinski definition) is 4. The van der Waals surface area contributed by atoms with Gasteiger partial charge in [-0.15, -0.1) is 0 Å². The summed E-state index contributed by atoms with van der Waals surface area (Å²) in [6.07, 6.45) is -3.00. The lowest BCUT2D eigenvalue weighted by Crippen LogP contribution is -2.62. The van der Waals surface area contributed by atoms with Gasteiger partial charge in [0.1, 0.15) is 31.0 Å². The standard InChI is InChI=1S/C31H46O12/c1-14(32)40-13-21(34)20-8-7-19-18-6-5-16-11-17(42-29-26(37)24(35)25(36)27(43-29)28(38)39)9-10-30(16,3)23(18)22(41-15(2)33)12-31(19,20)4/h16-20,22-27,29,35-37H,5-13H2,1-4H3,(H,38,39)/t16-,17+,18-,19-,20+,22+,23+,24-,25-,26+,27-,29?,30-,31-/m0/s1. The van der Waals surface area contributed by atoms with Crippen LogP contribution in [0.15, 0.2) is 0 Å². The molecule has 0 aromatic carbocycles. The van der Waals surface area contributed by atoms with E-state index in [1.807, 2.05) is 0 Å². The number of aliphatic hydroxyl groups is 3. The molecule has 4 N–H and O–H groups in total. The van der Waals surface area contributed by atoms with Crippen molar-refractivity contribution in [3.05, 3.63) is 0 Å². The molecule has 5 aliphatic rings. The molecule has 1 aliphatic heterocycles. The maximum atomic E-state index is 13.2. The number of ether oxygens (including phenoxy) is 4. The van der Waals surface area contributed by atoms with E-state index in [0.717, 1.165) is 32.1 Å². The molecule has 0 aromatic heterocycles. The van der Waals surface area contributed by atoms with Gasteiger partial charge in [-0.25, -0.2) is 4.79 Å². The first-order chi connectivity index (χ1) is 20.2. The number of aliphatic hydroxyl groups excluding tert-OH is 3. The average molecular weight is 611 g/mol. The third-order valence-electron chi connectivity index (χ3n) is 11.8. The molecule has 1 saturated heterocycles. The van der Waals surface area contributed by atoms with Crippen molar-refractivity contribution >= 4 is 23.7 Å². The molecule has 12 nitrogen and oxygen atoms in total. The van der Waals surface area contributed by atoms with E-state index in [4.69, 9.17) is 18.9 Å². The van der Waals surface area contributed by atoms with Gasteiger partial charge < -0.3 is 39.4 Å². The van der Waals surface area contributed by atoms with Gasteiger partial charge in [0, 0.05) is 25.7 Å². The molecule has 0 aromatic rings. The second-order valence-corrected chi connectivity index (χ2v) is 14.1. The number of Topliss-reactive ketones (excluding diaryl/α,β-unsaturated/α-hetero) is 1. The number of ketones is 1. The fourth-order valence-electron chi connectivity index (χ4n) is 9.91. The molecule has 14 atom stereocenters. The molecular formula is C31H46O12. The second kappa shape index (κ2) is 12.0. The molecule has 1 unspecified atom stereocenters. The number of carbonyl (C=O) groups is 4. The highest BCUT2D eigenvalue weighted by Crippen LogP contribution is 2.68. The highest BCUT2D eigenvalue weighted by Gasteiger charge is 2.65. The summed E-state index contributed by atoms with van der Waals surface area (Å²) in [5, 5.41) is 40.1. The fourth-order valence-corrected chi connectivity index (χ4v) is 9.91. The zero-order valence-corrected chi connectivity index (χ0v) is 25.3. The van der Waals surface area contributed by atoms with E-state index in [2.05, 4.69) is 13.8 Å². The lowest BCUT2D eigenvalue weighted by Gasteiger charge is -2.62. The quantitative estimate of drug-likeness (QED) is 0.241. The Bertz CT molecular complexity index is 1110. The van der Waals surface area contributed by atoms with Crippen molar-refractivity contribution in [2.24, 2.45) is 40.4 Å². The molecule has 0 spiro atoms. The molecule has 12 heteroatoms. The minimum absolute atomic E-state index is 0.0762. The number of hydrogen-bond acceptors (Lipinski definition) is 11. The number of carboxylic acids is 1. The number of carboxylic acid groups (broad SMARTS) is 1. The van der Waals surface area contributed by atoms with Gasteiger partial charge in [0.25, 0.3) is 0 Å². The Hall–Kier alpha value is -2.12. The smallest absolute Gasteiger partial charge is 0.335 e. The summed E-state index contributed by atoms with van der Waals surface area (Å²) in [6.45, 7) is 6.86. The zero-order chi connectivity index (χ0) is 31.4. The molecule has 0 amide bonds. The molecule has 5 rings (SSSR count). The first-order valence-electron chi connectivity index (χ1n) is 15.6. The fraction of sp³-hybridized carbons (Fsp3) is 0.871. The van der Waals surface area contributed by atoms with Gasteiger partial charge in [0.05, 0.1) is 6.10 Å². The summed E-state index contributed by atoms with van der Waals surface area (Å²) in [6, 6.07) is 0. The Morgan fingerprint density at radius 3 is 2.26 bits per heavy atom. The molecule has 242 valence electrons. The second-order valence-electron chi connectivity index (χ2n) is 14.1. The van der Waals surface area contributed by atoms with Crippen LogP contribution in [0, 0.1) is 40.4 Å². The molecular weight excluding hydrogens is 564 g/mol. The Morgan fingerprint density at radius 1 is 0.884 bits per heavy atom. The van der Waals surface area contributed by atoms with E-state index in [9.17, 15) is 39.6 Å². The first-order valence-corrected chi connectivity index (χ1v) is 15.6. The predicted molar refractivity (Wildman–Crippen MR) is 147 cm³/mol. The normalized spacial score (nSPS) is 47.4. The van der Waals surface area contributed by atoms with Crippen molar-refractivity contribution in [2.45, 2.75) is 122 Å². The Labute approximate surface area is 251 Å². The van der Waals surface area contributed by atoms with Crippen LogP contribution in [0.25, 0.3) is 0 Å². The van der Waals surface area contributed by atoms with E-state index in [0.29, 0.717) is 19.3 Å². The largest absolute Gasteiger partial charge is 0.479 e. The Balaban J connectivity index is 1.33. The number of fused-ring (bicyclic) bond motifs is 5. The molecule has 1 heterocycles. The SMILES string of the molecule is CC(=O)OCC(=O)[C@H]1CC[C@H]2[C@@H]3CC[C@H]4C[C@H](OC5O[C@H](C(=O)O)[C@@H](O)[C@H](O)[C@H]5O)CC[C@]4(C)[C@H]3[C@H](OC(C)=O)C[C@]12C. The van der Waals surface area contributed by atoms with Crippen molar-refractivity contribution in [1.29, 1.82) is 0 Å². The lowest BCUT2D eigenvalue weighted by molar-refractivity contribution is -0.310. The summed E-state index contributed by atoms with van der Waals surface area (Å²) in [7, 11) is 0. The topological polar surface area (TPSA) is 186 Å². The van der Waals surface area contributed by atoms with Gasteiger partial charge in [-0.05, 0) is 80.0 Å². The van der Waals surface area contributed by atoms with Gasteiger partial charge in [-0.3, -0.25) is 14.4 Å². The summed E-state index contributed by atoms with van der Waals surface area (Å²) in [5.74, 6) is -1.83. The van der Waals surface area contributed by atoms with Crippen LogP contribution in [0.1, 0.15) is 79.1 Å². The Kier molecular flexibility index (Phi) is 9.01. The molecule has 4 saturated carbocycles. The summed E-state index contributed by atoms with van der Waals surface area (Å²) < 4.78 is 22.6. The van der Waals surface area contributed by atoms with Gasteiger partial charge in [-0.2, -0.15) is 0 Å². The van der Waals surface area contributed by atoms with Gasteiger partial charge in [0.2, 0.25) is 0 Å². The Morgan fingerprint density at radius 2 is 1.60 bits per heavy atom. The van der Waals surface area contributed by atoms with E-state index < -0.39 is 42.6 Å². The van der Waals surface area contributed by atoms with E-state index in [1.165, 1.54) is 13.8 Å². The van der Waals surface area contributed by atoms with Crippen molar-refractivity contribution in [2.75, 3.05) is 6.61 Å². The van der Waals surface area contributed by atoms with Crippen LogP contribution in [-0.4, -0.2) is 93.6 Å². The van der Waals surface area contributed by atoms with Crippen molar-refractivity contribution in [3.8, 4) is 0 Å². The molecule has 43 heavy (non-hydrogen) atoms. The minimum atomic E-state index is -1.78. The van der Waals surface area contributed by atoms with E-state index in [1.54, 1.807) is 0 Å². The van der Waals surface area contributed by atoms with E-state index in [-0.39, 0.29) is 71.0 Å². The number of carbonyl (C=O) groups excluding carboxylic acids is 3. The molecule has 5 fully saturated rings. The first kappa shape index (κ1) is 32.3. The highest BCUT2D eigenvalue weighted by molar-refractivity contribution is 5.85. The van der Waals surface area contributed by atoms with Crippen LogP contribution in [0.5, 0.6) is 0 Å². The maximum Gasteiger partial charge on any atom is 0.335 e. The number of esters is 2. The summed E-state index contributed by atoms with van der Waals surface area (Å²) in [4.78, 5) is 48.5.